The van der Waals surface area contributed by atoms with Gasteiger partial charge in [-0.05, 0) is 23.8 Å². The van der Waals surface area contributed by atoms with E-state index >= 15 is 0 Å². The lowest BCUT2D eigenvalue weighted by Gasteiger charge is -2.19. The molecule has 8 nitrogen and oxygen atoms in total. The average Bonchev–Trinajstić information content (AvgIpc) is 2.79. The van der Waals surface area contributed by atoms with Crippen molar-refractivity contribution in [2.24, 2.45) is 0 Å². The molecule has 31 heavy (non-hydrogen) atoms. The summed E-state index contributed by atoms with van der Waals surface area (Å²) >= 11 is 0. The van der Waals surface area contributed by atoms with Crippen molar-refractivity contribution in [1.82, 2.24) is 10.6 Å². The molecule has 0 radical (unpaired) electrons. The van der Waals surface area contributed by atoms with Crippen molar-refractivity contribution in [2.45, 2.75) is 19.0 Å². The first-order chi connectivity index (χ1) is 14.9. The Labute approximate surface area is 178 Å². The highest BCUT2D eigenvalue weighted by Crippen LogP contribution is 2.22. The molecule has 0 aliphatic carbocycles. The van der Waals surface area contributed by atoms with E-state index in [1.165, 1.54) is 18.2 Å². The molecule has 0 aromatic heterocycles. The third-order valence-electron chi connectivity index (χ3n) is 4.67. The van der Waals surface area contributed by atoms with Crippen LogP contribution in [0.15, 0.2) is 78.9 Å². The Kier molecular flexibility index (Phi) is 6.95. The molecule has 0 unspecified atom stereocenters. The van der Waals surface area contributed by atoms with Gasteiger partial charge in [0.2, 0.25) is 5.91 Å². The zero-order valence-electron chi connectivity index (χ0n) is 16.5. The lowest BCUT2D eigenvalue weighted by Crippen LogP contribution is -2.47. The molecule has 2 amide bonds. The Morgan fingerprint density at radius 2 is 1.61 bits per heavy atom. The molecule has 0 heterocycles. The fourth-order valence-electron chi connectivity index (χ4n) is 3.02. The average molecular weight is 419 g/mol. The van der Waals surface area contributed by atoms with Gasteiger partial charge in [0, 0.05) is 36.2 Å². The van der Waals surface area contributed by atoms with E-state index in [1.54, 1.807) is 30.3 Å². The van der Waals surface area contributed by atoms with Gasteiger partial charge in [0.05, 0.1) is 4.92 Å². The van der Waals surface area contributed by atoms with Crippen LogP contribution in [0, 0.1) is 10.1 Å². The first kappa shape index (κ1) is 21.5. The van der Waals surface area contributed by atoms with E-state index in [1.807, 2.05) is 30.3 Å². The molecule has 3 aromatic rings. The van der Waals surface area contributed by atoms with Gasteiger partial charge in [0.25, 0.3) is 11.6 Å². The first-order valence-corrected chi connectivity index (χ1v) is 9.58. The second-order valence-electron chi connectivity index (χ2n) is 6.87. The summed E-state index contributed by atoms with van der Waals surface area (Å²) in [5, 5.41) is 26.3. The van der Waals surface area contributed by atoms with Crippen LogP contribution in [0.25, 0.3) is 0 Å². The number of aromatic hydroxyl groups is 1. The number of nitrogens with zero attached hydrogens (tertiary/aromatic N) is 1. The third-order valence-corrected chi connectivity index (χ3v) is 4.67. The van der Waals surface area contributed by atoms with Crippen LogP contribution < -0.4 is 10.6 Å². The minimum Gasteiger partial charge on any atom is -0.508 e. The molecule has 158 valence electrons. The van der Waals surface area contributed by atoms with Crippen LogP contribution >= 0.6 is 0 Å². The summed E-state index contributed by atoms with van der Waals surface area (Å²) < 4.78 is 0. The summed E-state index contributed by atoms with van der Waals surface area (Å²) in [4.78, 5) is 35.8. The van der Waals surface area contributed by atoms with Crippen LogP contribution in [0.1, 0.15) is 21.5 Å². The number of amides is 2. The highest BCUT2D eigenvalue weighted by Gasteiger charge is 2.22. The summed E-state index contributed by atoms with van der Waals surface area (Å²) in [6, 6.07) is 20.5. The maximum atomic E-state index is 12.9. The SMILES string of the molecule is O=C(N[C@H](Cc1ccccc1)C(=O)NCc1cc([N+](=O)[O-])ccc1O)c1ccccc1. The van der Waals surface area contributed by atoms with E-state index in [2.05, 4.69) is 10.6 Å². The molecular formula is C23H21N3O5. The molecule has 3 aromatic carbocycles. The Balaban J connectivity index is 1.75. The molecule has 1 atom stereocenters. The van der Waals surface area contributed by atoms with Crippen LogP contribution in [0.2, 0.25) is 0 Å². The predicted molar refractivity (Wildman–Crippen MR) is 114 cm³/mol. The number of carbonyl (C=O) groups excluding carboxylic acids is 2. The van der Waals surface area contributed by atoms with Crippen LogP contribution in [0.4, 0.5) is 5.69 Å². The number of carbonyl (C=O) groups is 2. The molecule has 0 aliphatic heterocycles. The van der Waals surface area contributed by atoms with Gasteiger partial charge in [0.1, 0.15) is 11.8 Å². The predicted octanol–water partition coefficient (Wildman–Crippen LogP) is 2.96. The van der Waals surface area contributed by atoms with Gasteiger partial charge in [-0.3, -0.25) is 19.7 Å². The number of phenolic OH excluding ortho intramolecular Hbond substituents is 1. The zero-order valence-corrected chi connectivity index (χ0v) is 16.5. The second-order valence-corrected chi connectivity index (χ2v) is 6.87. The summed E-state index contributed by atoms with van der Waals surface area (Å²) in [6.45, 7) is -0.126. The molecule has 3 N–H and O–H groups in total. The number of phenols is 1. The van der Waals surface area contributed by atoms with Gasteiger partial charge >= 0.3 is 0 Å². The summed E-state index contributed by atoms with van der Waals surface area (Å²) in [7, 11) is 0. The van der Waals surface area contributed by atoms with E-state index < -0.39 is 22.8 Å². The van der Waals surface area contributed by atoms with Crippen molar-refractivity contribution < 1.29 is 19.6 Å². The molecule has 0 spiro atoms. The zero-order chi connectivity index (χ0) is 22.2. The third kappa shape index (κ3) is 5.89. The Bertz CT molecular complexity index is 1070. The smallest absolute Gasteiger partial charge is 0.270 e. The van der Waals surface area contributed by atoms with Gasteiger partial charge in [-0.15, -0.1) is 0 Å². The van der Waals surface area contributed by atoms with Crippen LogP contribution in [0.3, 0.4) is 0 Å². The largest absolute Gasteiger partial charge is 0.508 e. The van der Waals surface area contributed by atoms with Crippen molar-refractivity contribution in [1.29, 1.82) is 0 Å². The van der Waals surface area contributed by atoms with E-state index in [0.717, 1.165) is 5.56 Å². The van der Waals surface area contributed by atoms with E-state index in [9.17, 15) is 24.8 Å². The molecule has 3 rings (SSSR count). The Morgan fingerprint density at radius 1 is 0.968 bits per heavy atom. The topological polar surface area (TPSA) is 122 Å². The second kappa shape index (κ2) is 10.0. The van der Waals surface area contributed by atoms with Gasteiger partial charge in [-0.2, -0.15) is 0 Å². The van der Waals surface area contributed by atoms with Crippen LogP contribution in [-0.4, -0.2) is 27.9 Å². The normalized spacial score (nSPS) is 11.4. The molecule has 0 aliphatic rings. The van der Waals surface area contributed by atoms with Crippen LogP contribution in [-0.2, 0) is 17.8 Å². The van der Waals surface area contributed by atoms with Crippen molar-refractivity contribution in [2.75, 3.05) is 0 Å². The standard InChI is InChI=1S/C23H21N3O5/c27-21-12-11-19(26(30)31)14-18(21)15-24-23(29)20(13-16-7-3-1-4-8-16)25-22(28)17-9-5-2-6-10-17/h1-12,14,20,27H,13,15H2,(H,24,29)(H,25,28)/t20-/m1/s1. The van der Waals surface area contributed by atoms with E-state index in [0.29, 0.717) is 5.56 Å². The lowest BCUT2D eigenvalue weighted by atomic mass is 10.0. The van der Waals surface area contributed by atoms with Crippen molar-refractivity contribution >= 4 is 17.5 Å². The molecule has 8 heteroatoms. The Hall–Kier alpha value is -4.20. The first-order valence-electron chi connectivity index (χ1n) is 9.58. The highest BCUT2D eigenvalue weighted by molar-refractivity contribution is 5.97. The molecular weight excluding hydrogens is 398 g/mol. The van der Waals surface area contributed by atoms with Crippen molar-refractivity contribution in [3.05, 3.63) is 106 Å². The molecule has 0 saturated carbocycles. The Morgan fingerprint density at radius 3 is 2.26 bits per heavy atom. The molecule has 0 saturated heterocycles. The maximum Gasteiger partial charge on any atom is 0.270 e. The van der Waals surface area contributed by atoms with Crippen LogP contribution in [0.5, 0.6) is 5.75 Å². The van der Waals surface area contributed by atoms with Gasteiger partial charge in [0.15, 0.2) is 0 Å². The number of rotatable bonds is 8. The van der Waals surface area contributed by atoms with E-state index in [-0.39, 0.29) is 30.0 Å². The number of nitro benzene ring substituents is 1. The molecule has 0 fully saturated rings. The van der Waals surface area contributed by atoms with Gasteiger partial charge < -0.3 is 15.7 Å². The fourth-order valence-corrected chi connectivity index (χ4v) is 3.02. The minimum atomic E-state index is -0.879. The number of nitrogens with one attached hydrogen (secondary N) is 2. The minimum absolute atomic E-state index is 0.126. The van der Waals surface area contributed by atoms with Crippen molar-refractivity contribution in [3.8, 4) is 5.75 Å². The fraction of sp³-hybridized carbons (Fsp3) is 0.130. The van der Waals surface area contributed by atoms with Gasteiger partial charge in [-0.1, -0.05) is 48.5 Å². The monoisotopic (exact) mass is 419 g/mol. The lowest BCUT2D eigenvalue weighted by molar-refractivity contribution is -0.384. The summed E-state index contributed by atoms with van der Waals surface area (Å²) in [5.74, 6) is -1.03. The number of hydrogen-bond acceptors (Lipinski definition) is 5. The highest BCUT2D eigenvalue weighted by atomic mass is 16.6. The summed E-state index contributed by atoms with van der Waals surface area (Å²) in [5.41, 5.74) is 1.29. The number of non-ortho nitro benzene ring substituents is 1. The maximum absolute atomic E-state index is 12.9. The quantitative estimate of drug-likeness (QED) is 0.383. The number of benzene rings is 3. The summed E-state index contributed by atoms with van der Waals surface area (Å²) in [6.07, 6.45) is 0.256. The molecule has 0 bridgehead atoms. The van der Waals surface area contributed by atoms with Gasteiger partial charge in [-0.25, -0.2) is 0 Å². The van der Waals surface area contributed by atoms with E-state index in [4.69, 9.17) is 0 Å². The number of hydrogen-bond donors (Lipinski definition) is 3. The van der Waals surface area contributed by atoms with Crippen molar-refractivity contribution in [3.63, 3.8) is 0 Å². The number of nitro groups is 1.